The maximum Gasteiger partial charge on any atom is 0.192 e. The zero-order valence-corrected chi connectivity index (χ0v) is 9.82. The number of allylic oxidation sites excluding steroid dienone is 4. The first-order valence-corrected chi connectivity index (χ1v) is 5.76. The fourth-order valence-corrected chi connectivity index (χ4v) is 1.87. The third-order valence-electron chi connectivity index (χ3n) is 2.72. The second kappa shape index (κ2) is 4.67. The van der Waals surface area contributed by atoms with Crippen molar-refractivity contribution in [3.8, 4) is 0 Å². The number of alkyl halides is 1. The van der Waals surface area contributed by atoms with Gasteiger partial charge in [0.15, 0.2) is 5.78 Å². The number of Topliss-reactive ketones (excluding diaryl/α,β-unsaturated/α-hetero) is 1. The third-order valence-corrected chi connectivity index (χ3v) is 3.24. The molecule has 0 saturated heterocycles. The summed E-state index contributed by atoms with van der Waals surface area (Å²) in [6, 6.07) is 9.26. The number of rotatable bonds is 2. The fraction of sp³-hybridized carbons (Fsp3) is 0.214. The molecule has 0 aromatic heterocycles. The quantitative estimate of drug-likeness (QED) is 0.562. The van der Waals surface area contributed by atoms with Crippen LogP contribution in [0.3, 0.4) is 0 Å². The lowest BCUT2D eigenvalue weighted by molar-refractivity contribution is 0.103. The number of hydrogen-bond acceptors (Lipinski definition) is 1. The Morgan fingerprint density at radius 3 is 2.56 bits per heavy atom. The van der Waals surface area contributed by atoms with Gasteiger partial charge in [0.05, 0.1) is 5.38 Å². The number of ketones is 1. The van der Waals surface area contributed by atoms with Crippen molar-refractivity contribution in [2.45, 2.75) is 12.3 Å². The van der Waals surface area contributed by atoms with Gasteiger partial charge in [0.1, 0.15) is 0 Å². The zero-order chi connectivity index (χ0) is 11.5. The molecule has 2 atom stereocenters. The van der Waals surface area contributed by atoms with Crippen LogP contribution in [0.2, 0.25) is 0 Å². The highest BCUT2D eigenvalue weighted by atomic mass is 35.5. The Morgan fingerprint density at radius 1 is 1.25 bits per heavy atom. The van der Waals surface area contributed by atoms with Gasteiger partial charge in [0, 0.05) is 11.1 Å². The first-order valence-electron chi connectivity index (χ1n) is 5.32. The molecular weight excluding hydrogens is 220 g/mol. The molecule has 0 saturated carbocycles. The summed E-state index contributed by atoms with van der Waals surface area (Å²) in [4.78, 5) is 12.1. The van der Waals surface area contributed by atoms with E-state index in [0.717, 1.165) is 0 Å². The molecular formula is C14H13ClO. The zero-order valence-electron chi connectivity index (χ0n) is 9.06. The van der Waals surface area contributed by atoms with Gasteiger partial charge in [0.25, 0.3) is 0 Å². The summed E-state index contributed by atoms with van der Waals surface area (Å²) in [5.74, 6) is 0.323. The number of benzene rings is 1. The molecule has 2 heteroatoms. The van der Waals surface area contributed by atoms with E-state index in [2.05, 4.69) is 0 Å². The molecule has 82 valence electrons. The van der Waals surface area contributed by atoms with Crippen LogP contribution in [0, 0.1) is 5.92 Å². The lowest BCUT2D eigenvalue weighted by atomic mass is 9.93. The molecule has 0 fully saturated rings. The van der Waals surface area contributed by atoms with E-state index < -0.39 is 0 Å². The molecule has 16 heavy (non-hydrogen) atoms. The Kier molecular flexibility index (Phi) is 3.25. The van der Waals surface area contributed by atoms with Crippen LogP contribution in [0.5, 0.6) is 0 Å². The van der Waals surface area contributed by atoms with E-state index in [1.807, 2.05) is 55.5 Å². The Labute approximate surface area is 100 Å². The van der Waals surface area contributed by atoms with Crippen molar-refractivity contribution < 1.29 is 4.79 Å². The summed E-state index contributed by atoms with van der Waals surface area (Å²) < 4.78 is 0. The molecule has 0 heterocycles. The lowest BCUT2D eigenvalue weighted by Crippen LogP contribution is -2.14. The predicted octanol–water partition coefficient (Wildman–Crippen LogP) is 3.61. The van der Waals surface area contributed by atoms with Crippen molar-refractivity contribution in [2.24, 2.45) is 5.92 Å². The highest BCUT2D eigenvalue weighted by molar-refractivity contribution is 6.23. The van der Waals surface area contributed by atoms with Crippen LogP contribution in [0.15, 0.2) is 54.1 Å². The Bertz CT molecular complexity index is 445. The monoisotopic (exact) mass is 232 g/mol. The summed E-state index contributed by atoms with van der Waals surface area (Å²) >= 11 is 6.11. The number of hydrogen-bond donors (Lipinski definition) is 0. The molecule has 1 aromatic carbocycles. The van der Waals surface area contributed by atoms with E-state index in [9.17, 15) is 4.79 Å². The van der Waals surface area contributed by atoms with E-state index in [4.69, 9.17) is 11.6 Å². The molecule has 0 aliphatic heterocycles. The second-order valence-electron chi connectivity index (χ2n) is 3.98. The number of halogens is 1. The molecule has 0 spiro atoms. The number of carbonyl (C=O) groups excluding carboxylic acids is 1. The van der Waals surface area contributed by atoms with Crippen LogP contribution in [-0.2, 0) is 0 Å². The average molecular weight is 233 g/mol. The fourth-order valence-electron chi connectivity index (χ4n) is 1.65. The van der Waals surface area contributed by atoms with Gasteiger partial charge in [-0.3, -0.25) is 4.79 Å². The molecule has 0 bridgehead atoms. The molecule has 2 unspecified atom stereocenters. The van der Waals surface area contributed by atoms with Gasteiger partial charge in [-0.1, -0.05) is 55.5 Å². The minimum Gasteiger partial charge on any atom is -0.289 e. The van der Waals surface area contributed by atoms with Crippen LogP contribution in [-0.4, -0.2) is 11.2 Å². The lowest BCUT2D eigenvalue weighted by Gasteiger charge is -2.16. The summed E-state index contributed by atoms with van der Waals surface area (Å²) in [6.45, 7) is 2.04. The largest absolute Gasteiger partial charge is 0.289 e. The Morgan fingerprint density at radius 2 is 1.94 bits per heavy atom. The van der Waals surface area contributed by atoms with Crippen LogP contribution in [0.1, 0.15) is 17.3 Å². The smallest absolute Gasteiger partial charge is 0.192 e. The minimum absolute atomic E-state index is 0.0365. The van der Waals surface area contributed by atoms with Gasteiger partial charge < -0.3 is 0 Å². The first-order chi connectivity index (χ1) is 7.68. The summed E-state index contributed by atoms with van der Waals surface area (Å²) in [5, 5.41) is -0.0901. The highest BCUT2D eigenvalue weighted by Gasteiger charge is 2.18. The second-order valence-corrected chi connectivity index (χ2v) is 4.48. The maximum atomic E-state index is 12.1. The molecule has 1 aromatic rings. The van der Waals surface area contributed by atoms with Crippen LogP contribution in [0.25, 0.3) is 0 Å². The standard InChI is InChI=1S/C14H13ClO/c1-10-7-8-12(9-13(10)15)14(16)11-5-3-2-4-6-11/h2-10,13H,1H3. The van der Waals surface area contributed by atoms with E-state index in [1.54, 1.807) is 0 Å². The molecule has 0 radical (unpaired) electrons. The molecule has 1 aliphatic carbocycles. The summed E-state index contributed by atoms with van der Waals surface area (Å²) in [6.07, 6.45) is 5.67. The van der Waals surface area contributed by atoms with Crippen LogP contribution in [0.4, 0.5) is 0 Å². The van der Waals surface area contributed by atoms with E-state index >= 15 is 0 Å². The van der Waals surface area contributed by atoms with Crippen molar-refractivity contribution in [3.05, 3.63) is 59.7 Å². The van der Waals surface area contributed by atoms with E-state index in [-0.39, 0.29) is 17.1 Å². The predicted molar refractivity (Wildman–Crippen MR) is 66.8 cm³/mol. The highest BCUT2D eigenvalue weighted by Crippen LogP contribution is 2.23. The SMILES string of the molecule is CC1C=CC(C(=O)c2ccccc2)=CC1Cl. The minimum atomic E-state index is -0.0901. The van der Waals surface area contributed by atoms with Gasteiger partial charge in [-0.25, -0.2) is 0 Å². The average Bonchev–Trinajstić information content (AvgIpc) is 2.33. The normalized spacial score (nSPS) is 24.0. The van der Waals surface area contributed by atoms with Crippen molar-refractivity contribution in [2.75, 3.05) is 0 Å². The van der Waals surface area contributed by atoms with Gasteiger partial charge in [-0.2, -0.15) is 0 Å². The summed E-state index contributed by atoms with van der Waals surface area (Å²) in [7, 11) is 0. The van der Waals surface area contributed by atoms with Gasteiger partial charge in [-0.05, 0) is 5.92 Å². The topological polar surface area (TPSA) is 17.1 Å². The molecule has 0 amide bonds. The van der Waals surface area contributed by atoms with Gasteiger partial charge >= 0.3 is 0 Å². The van der Waals surface area contributed by atoms with Gasteiger partial charge in [-0.15, -0.1) is 11.6 Å². The molecule has 2 rings (SSSR count). The van der Waals surface area contributed by atoms with E-state index in [1.165, 1.54) is 0 Å². The van der Waals surface area contributed by atoms with Crippen LogP contribution < -0.4 is 0 Å². The van der Waals surface area contributed by atoms with Crippen molar-refractivity contribution in [3.63, 3.8) is 0 Å². The molecule has 1 nitrogen and oxygen atoms in total. The van der Waals surface area contributed by atoms with Crippen LogP contribution >= 0.6 is 11.6 Å². The summed E-state index contributed by atoms with van der Waals surface area (Å²) in [5.41, 5.74) is 1.39. The molecule has 1 aliphatic rings. The van der Waals surface area contributed by atoms with Crippen molar-refractivity contribution in [1.82, 2.24) is 0 Å². The maximum absolute atomic E-state index is 12.1. The van der Waals surface area contributed by atoms with Gasteiger partial charge in [0.2, 0.25) is 0 Å². The number of carbonyl (C=O) groups is 1. The Hall–Kier alpha value is -1.34. The van der Waals surface area contributed by atoms with Crippen molar-refractivity contribution >= 4 is 17.4 Å². The first kappa shape index (κ1) is 11.2. The van der Waals surface area contributed by atoms with E-state index in [0.29, 0.717) is 11.1 Å². The Balaban J connectivity index is 2.25. The third kappa shape index (κ3) is 2.25. The molecule has 0 N–H and O–H groups in total. The van der Waals surface area contributed by atoms with Crippen molar-refractivity contribution in [1.29, 1.82) is 0 Å².